The van der Waals surface area contributed by atoms with Crippen molar-refractivity contribution in [2.75, 3.05) is 18.1 Å². The van der Waals surface area contributed by atoms with Crippen molar-refractivity contribution in [2.24, 2.45) is 7.05 Å². The molecule has 0 aliphatic carbocycles. The largest absolute Gasteiger partial charge is 0.494 e. The Balaban J connectivity index is 1.35. The van der Waals surface area contributed by atoms with Crippen LogP contribution in [0, 0.1) is 13.8 Å². The molecule has 3 N–H and O–H groups in total. The Morgan fingerprint density at radius 2 is 1.71 bits per heavy atom. The van der Waals surface area contributed by atoms with Gasteiger partial charge in [0.25, 0.3) is 5.91 Å². The van der Waals surface area contributed by atoms with Gasteiger partial charge in [0.15, 0.2) is 0 Å². The van der Waals surface area contributed by atoms with Gasteiger partial charge in [-0.1, -0.05) is 29.3 Å². The molecule has 9 nitrogen and oxygen atoms in total. The second kappa shape index (κ2) is 13.0. The van der Waals surface area contributed by atoms with E-state index in [0.717, 1.165) is 54.8 Å². The molecule has 256 valence electrons. The van der Waals surface area contributed by atoms with E-state index in [4.69, 9.17) is 27.9 Å². The minimum atomic E-state index is -1.03. The maximum atomic E-state index is 15.0. The maximum Gasteiger partial charge on any atom is 0.335 e. The fraction of sp³-hybridized carbons (Fsp3) is 0.368. The molecule has 0 spiro atoms. The summed E-state index contributed by atoms with van der Waals surface area (Å²) in [4.78, 5) is 29.0. The van der Waals surface area contributed by atoms with E-state index in [9.17, 15) is 9.90 Å². The molecule has 49 heavy (non-hydrogen) atoms. The van der Waals surface area contributed by atoms with Crippen molar-refractivity contribution in [1.29, 1.82) is 0 Å². The van der Waals surface area contributed by atoms with Crippen LogP contribution in [0.4, 0.5) is 5.69 Å². The first-order valence-electron chi connectivity index (χ1n) is 16.8. The van der Waals surface area contributed by atoms with Gasteiger partial charge in [-0.25, -0.2) is 4.79 Å². The highest BCUT2D eigenvalue weighted by Gasteiger charge is 2.38. The molecule has 1 amide bonds. The number of anilines is 1. The van der Waals surface area contributed by atoms with E-state index in [1.807, 2.05) is 62.0 Å². The van der Waals surface area contributed by atoms with Crippen molar-refractivity contribution < 1.29 is 19.4 Å². The Bertz CT molecular complexity index is 2100. The summed E-state index contributed by atoms with van der Waals surface area (Å²) >= 11 is 13.5. The summed E-state index contributed by atoms with van der Waals surface area (Å²) in [5.41, 5.74) is 13.8. The van der Waals surface area contributed by atoms with Crippen LogP contribution in [0.3, 0.4) is 0 Å². The van der Waals surface area contributed by atoms with Crippen LogP contribution in [0.5, 0.6) is 5.75 Å². The second-order valence-electron chi connectivity index (χ2n) is 13.5. The predicted molar refractivity (Wildman–Crippen MR) is 196 cm³/mol. The van der Waals surface area contributed by atoms with Crippen molar-refractivity contribution in [3.8, 4) is 5.75 Å². The summed E-state index contributed by atoms with van der Waals surface area (Å²) in [6.07, 6.45) is 3.86. The normalized spacial score (nSPS) is 19.5. The van der Waals surface area contributed by atoms with Gasteiger partial charge < -0.3 is 23.9 Å². The number of hydrazine groups is 1. The van der Waals surface area contributed by atoms with Gasteiger partial charge >= 0.3 is 5.97 Å². The van der Waals surface area contributed by atoms with Gasteiger partial charge in [0, 0.05) is 70.7 Å². The number of carbonyl (C=O) groups excluding carboxylic acids is 1. The number of hydrogen-bond donors (Lipinski definition) is 3. The van der Waals surface area contributed by atoms with Crippen LogP contribution in [0.15, 0.2) is 48.7 Å². The van der Waals surface area contributed by atoms with Crippen molar-refractivity contribution in [3.05, 3.63) is 92.2 Å². The third kappa shape index (κ3) is 5.76. The highest BCUT2D eigenvalue weighted by Crippen LogP contribution is 2.43. The fourth-order valence-electron chi connectivity index (χ4n) is 7.91. The zero-order valence-corrected chi connectivity index (χ0v) is 29.9. The number of carbonyl (C=O) groups is 2. The Kier molecular flexibility index (Phi) is 8.90. The van der Waals surface area contributed by atoms with Crippen LogP contribution in [-0.2, 0) is 20.0 Å². The maximum absolute atomic E-state index is 15.0. The number of carboxylic acid groups (broad SMARTS) is 1. The number of hydrogen-bond acceptors (Lipinski definition) is 5. The predicted octanol–water partition coefficient (Wildman–Crippen LogP) is 7.79. The van der Waals surface area contributed by atoms with Crippen LogP contribution in [0.2, 0.25) is 10.0 Å². The SMILES string of the molecule is Cc1cc(OCCCc2c3n(c4c(C5C(C)NNC5C)c(Cl)ccc24)CCCN(c2cc(C(=O)O)cc4c2ccn4C)C3=O)cc(C)c1Cl. The molecule has 0 radical (unpaired) electrons. The summed E-state index contributed by atoms with van der Waals surface area (Å²) in [5, 5.41) is 13.3. The van der Waals surface area contributed by atoms with Crippen LogP contribution >= 0.6 is 23.2 Å². The average Bonchev–Trinajstić information content (AvgIpc) is 3.67. The standard InChI is InChI=1S/C38H41Cl2N5O4/c1-20-16-25(17-21(2)34(20)40)49-15-6-8-26-27-9-10-29(39)33(32-22(3)41-42-23(32)4)35(27)45-13-7-12-44(37(46)36(26)45)31-19-24(38(47)48)18-30-28(31)11-14-43(30)5/h9-11,14,16-19,22-23,32,41-42H,6-8,12-13,15H2,1-5H3,(H,47,48). The van der Waals surface area contributed by atoms with Crippen LogP contribution < -0.4 is 20.5 Å². The number of aromatic nitrogens is 2. The monoisotopic (exact) mass is 701 g/mol. The van der Waals surface area contributed by atoms with Gasteiger partial charge in [0.1, 0.15) is 11.4 Å². The topological polar surface area (TPSA) is 101 Å². The number of rotatable bonds is 8. The molecule has 11 heteroatoms. The molecule has 7 rings (SSSR count). The zero-order valence-electron chi connectivity index (χ0n) is 28.4. The van der Waals surface area contributed by atoms with E-state index in [1.54, 1.807) is 17.0 Å². The number of aryl methyl sites for hydroxylation is 5. The van der Waals surface area contributed by atoms with Crippen LogP contribution in [0.25, 0.3) is 21.8 Å². The third-order valence-corrected chi connectivity index (χ3v) is 11.2. The summed E-state index contributed by atoms with van der Waals surface area (Å²) < 4.78 is 10.3. The molecule has 2 unspecified atom stereocenters. The number of nitrogens with one attached hydrogen (secondary N) is 2. The Morgan fingerprint density at radius 1 is 1.00 bits per heavy atom. The molecule has 3 aromatic carbocycles. The molecule has 4 heterocycles. The lowest BCUT2D eigenvalue weighted by Gasteiger charge is -2.23. The minimum absolute atomic E-state index is 0.0772. The Morgan fingerprint density at radius 3 is 2.41 bits per heavy atom. The molecule has 1 saturated heterocycles. The average molecular weight is 703 g/mol. The number of benzene rings is 3. The molecule has 2 aliphatic rings. The molecule has 1 fully saturated rings. The van der Waals surface area contributed by atoms with E-state index in [0.29, 0.717) is 55.4 Å². The van der Waals surface area contributed by atoms with Crippen LogP contribution in [-0.4, -0.2) is 51.4 Å². The third-order valence-electron chi connectivity index (χ3n) is 10.2. The Labute approximate surface area is 295 Å². The lowest BCUT2D eigenvalue weighted by atomic mass is 9.87. The molecule has 2 aromatic heterocycles. The minimum Gasteiger partial charge on any atom is -0.494 e. The number of fused-ring (bicyclic) bond motifs is 4. The van der Waals surface area contributed by atoms with Gasteiger partial charge in [-0.3, -0.25) is 15.6 Å². The van der Waals surface area contributed by atoms with Gasteiger partial charge in [0.2, 0.25) is 0 Å². The first-order valence-corrected chi connectivity index (χ1v) is 17.6. The van der Waals surface area contributed by atoms with Crippen LogP contribution in [0.1, 0.15) is 75.7 Å². The molecular formula is C38H41Cl2N5O4. The summed E-state index contributed by atoms with van der Waals surface area (Å²) in [7, 11) is 1.88. The van der Waals surface area contributed by atoms with Crippen molar-refractivity contribution in [2.45, 2.75) is 71.5 Å². The smallest absolute Gasteiger partial charge is 0.335 e. The van der Waals surface area contributed by atoms with E-state index >= 15 is 4.79 Å². The summed E-state index contributed by atoms with van der Waals surface area (Å²) in [6.45, 7) is 9.76. The summed E-state index contributed by atoms with van der Waals surface area (Å²) in [6, 6.07) is 13.4. The zero-order chi connectivity index (χ0) is 34.7. The van der Waals surface area contributed by atoms with E-state index in [2.05, 4.69) is 29.3 Å². The number of carboxylic acids is 1. The molecule has 2 atom stereocenters. The van der Waals surface area contributed by atoms with Gasteiger partial charge in [-0.05, 0) is 100 Å². The highest BCUT2D eigenvalue weighted by atomic mass is 35.5. The van der Waals surface area contributed by atoms with E-state index < -0.39 is 5.97 Å². The number of nitrogens with zero attached hydrogens (tertiary/aromatic N) is 3. The van der Waals surface area contributed by atoms with Gasteiger partial charge in [0.05, 0.1) is 28.9 Å². The van der Waals surface area contributed by atoms with Gasteiger partial charge in [-0.2, -0.15) is 0 Å². The molecule has 0 saturated carbocycles. The molecule has 2 aliphatic heterocycles. The van der Waals surface area contributed by atoms with Crippen molar-refractivity contribution >= 4 is 62.6 Å². The fourth-order valence-corrected chi connectivity index (χ4v) is 8.29. The first-order chi connectivity index (χ1) is 23.5. The molecular weight excluding hydrogens is 661 g/mol. The van der Waals surface area contributed by atoms with Crippen molar-refractivity contribution in [3.63, 3.8) is 0 Å². The quantitative estimate of drug-likeness (QED) is 0.143. The number of ether oxygens (including phenoxy) is 1. The number of aromatic carboxylic acids is 1. The molecule has 5 aromatic rings. The van der Waals surface area contributed by atoms with E-state index in [1.165, 1.54) is 0 Å². The lowest BCUT2D eigenvalue weighted by Crippen LogP contribution is -2.32. The van der Waals surface area contributed by atoms with Crippen molar-refractivity contribution in [1.82, 2.24) is 20.0 Å². The first kappa shape index (κ1) is 33.5. The number of amides is 1. The summed E-state index contributed by atoms with van der Waals surface area (Å²) in [5.74, 6) is -0.333. The van der Waals surface area contributed by atoms with Gasteiger partial charge in [-0.15, -0.1) is 0 Å². The van der Waals surface area contributed by atoms with E-state index in [-0.39, 0.29) is 29.5 Å². The number of halogens is 2. The highest BCUT2D eigenvalue weighted by molar-refractivity contribution is 6.33. The second-order valence-corrected chi connectivity index (χ2v) is 14.3. The molecule has 0 bridgehead atoms. The lowest BCUT2D eigenvalue weighted by molar-refractivity contribution is 0.0696. The Hall–Kier alpha value is -4.02.